The fourth-order valence-electron chi connectivity index (χ4n) is 2.02. The van der Waals surface area contributed by atoms with Crippen LogP contribution in [-0.2, 0) is 9.53 Å². The first-order valence-corrected chi connectivity index (χ1v) is 8.56. The molecule has 0 fully saturated rings. The smallest absolute Gasteiger partial charge is 0.408 e. The number of carbonyl (C=O) groups excluding carboxylic acids is 2. The Hall–Kier alpha value is -1.76. The number of rotatable bonds is 7. The second kappa shape index (κ2) is 8.92. The summed E-state index contributed by atoms with van der Waals surface area (Å²) in [5.74, 6) is 0.229. The van der Waals surface area contributed by atoms with E-state index in [1.165, 1.54) is 0 Å². The highest BCUT2D eigenvalue weighted by molar-refractivity contribution is 9.10. The summed E-state index contributed by atoms with van der Waals surface area (Å²) in [6, 6.07) is 6.98. The monoisotopic (exact) mass is 400 g/mol. The lowest BCUT2D eigenvalue weighted by Gasteiger charge is -2.27. The van der Waals surface area contributed by atoms with Crippen LogP contribution in [0.4, 0.5) is 4.79 Å². The summed E-state index contributed by atoms with van der Waals surface area (Å²) in [6.07, 6.45) is -0.413. The third-order valence-corrected chi connectivity index (χ3v) is 3.58. The van der Waals surface area contributed by atoms with Gasteiger partial charge < -0.3 is 20.5 Å². The van der Waals surface area contributed by atoms with Crippen molar-refractivity contribution >= 4 is 27.9 Å². The number of halogens is 1. The predicted molar refractivity (Wildman–Crippen MR) is 95.8 cm³/mol. The minimum absolute atomic E-state index is 0.145. The minimum Gasteiger partial charge on any atom is -0.489 e. The third-order valence-electron chi connectivity index (χ3n) is 3.09. The van der Waals surface area contributed by atoms with Crippen molar-refractivity contribution in [3.05, 3.63) is 28.7 Å². The van der Waals surface area contributed by atoms with Gasteiger partial charge in [0, 0.05) is 10.9 Å². The number of amides is 2. The molecule has 0 unspecified atom stereocenters. The van der Waals surface area contributed by atoms with Crippen LogP contribution in [0.5, 0.6) is 5.75 Å². The summed E-state index contributed by atoms with van der Waals surface area (Å²) in [6.45, 7) is 7.18. The number of carbonyl (C=O) groups is 2. The molecule has 0 saturated carbocycles. The Bertz CT molecular complexity index is 572. The third kappa shape index (κ3) is 8.19. The van der Waals surface area contributed by atoms with Crippen LogP contribution in [0, 0.1) is 0 Å². The summed E-state index contributed by atoms with van der Waals surface area (Å²) >= 11 is 3.38. The molecule has 1 aromatic rings. The van der Waals surface area contributed by atoms with Gasteiger partial charge >= 0.3 is 6.09 Å². The van der Waals surface area contributed by atoms with Gasteiger partial charge in [0.15, 0.2) is 0 Å². The Morgan fingerprint density at radius 3 is 2.54 bits per heavy atom. The Balaban J connectivity index is 2.75. The zero-order valence-electron chi connectivity index (χ0n) is 14.5. The molecule has 0 heterocycles. The number of hydrogen-bond acceptors (Lipinski definition) is 4. The highest BCUT2D eigenvalue weighted by Gasteiger charge is 2.25. The molecule has 0 aliphatic heterocycles. The van der Waals surface area contributed by atoms with Crippen LogP contribution in [0.3, 0.4) is 0 Å². The highest BCUT2D eigenvalue weighted by Crippen LogP contribution is 2.20. The standard InChI is InChI=1S/C17H25BrN2O4/c1-11(23-13-7-5-6-12(18)10-13)14(8-9-15(19)21)20-16(22)24-17(2,3)4/h5-7,10-11,14H,8-9H2,1-4H3,(H2,19,21)(H,20,22)/t11-,14+/m1/s1. The van der Waals surface area contributed by atoms with Crippen LogP contribution in [0.2, 0.25) is 0 Å². The van der Waals surface area contributed by atoms with Gasteiger partial charge in [-0.15, -0.1) is 0 Å². The van der Waals surface area contributed by atoms with Crippen LogP contribution in [0.15, 0.2) is 28.7 Å². The van der Waals surface area contributed by atoms with Gasteiger partial charge in [-0.25, -0.2) is 4.79 Å². The largest absolute Gasteiger partial charge is 0.489 e. The molecule has 0 aromatic heterocycles. The van der Waals surface area contributed by atoms with Gasteiger partial charge in [0.1, 0.15) is 17.5 Å². The average molecular weight is 401 g/mol. The lowest BCUT2D eigenvalue weighted by atomic mass is 10.1. The summed E-state index contributed by atoms with van der Waals surface area (Å²) in [5, 5.41) is 2.76. The molecule has 1 aromatic carbocycles. The second-order valence-electron chi connectivity index (χ2n) is 6.54. The second-order valence-corrected chi connectivity index (χ2v) is 7.45. The first-order valence-electron chi connectivity index (χ1n) is 7.77. The normalized spacial score (nSPS) is 13.7. The number of nitrogens with two attached hydrogens (primary N) is 1. The number of primary amides is 1. The molecule has 134 valence electrons. The summed E-state index contributed by atoms with van der Waals surface area (Å²) < 4.78 is 12.0. The van der Waals surface area contributed by atoms with Gasteiger partial charge in [-0.3, -0.25) is 4.79 Å². The number of nitrogens with one attached hydrogen (secondary N) is 1. The van der Waals surface area contributed by atoms with Gasteiger partial charge in [-0.2, -0.15) is 0 Å². The van der Waals surface area contributed by atoms with Crippen LogP contribution < -0.4 is 15.8 Å². The molecule has 3 N–H and O–H groups in total. The van der Waals surface area contributed by atoms with E-state index in [2.05, 4.69) is 21.2 Å². The lowest BCUT2D eigenvalue weighted by Crippen LogP contribution is -2.46. The van der Waals surface area contributed by atoms with E-state index in [9.17, 15) is 9.59 Å². The zero-order valence-corrected chi connectivity index (χ0v) is 16.1. The average Bonchev–Trinajstić information content (AvgIpc) is 2.41. The van der Waals surface area contributed by atoms with Gasteiger partial charge in [-0.05, 0) is 52.3 Å². The van der Waals surface area contributed by atoms with Gasteiger partial charge in [-0.1, -0.05) is 22.0 Å². The quantitative estimate of drug-likeness (QED) is 0.733. The molecule has 2 amide bonds. The van der Waals surface area contributed by atoms with E-state index in [-0.39, 0.29) is 12.5 Å². The topological polar surface area (TPSA) is 90.6 Å². The van der Waals surface area contributed by atoms with Crippen molar-refractivity contribution in [3.8, 4) is 5.75 Å². The van der Waals surface area contributed by atoms with Gasteiger partial charge in [0.2, 0.25) is 5.91 Å². The molecule has 1 rings (SSSR count). The van der Waals surface area contributed by atoms with Crippen molar-refractivity contribution in [2.24, 2.45) is 5.73 Å². The molecule has 24 heavy (non-hydrogen) atoms. The molecule has 7 heteroatoms. The zero-order chi connectivity index (χ0) is 18.3. The Morgan fingerprint density at radius 1 is 1.33 bits per heavy atom. The van der Waals surface area contributed by atoms with E-state index >= 15 is 0 Å². The number of hydrogen-bond donors (Lipinski definition) is 2. The molecule has 0 bridgehead atoms. The Labute approximate surface area is 151 Å². The predicted octanol–water partition coefficient (Wildman–Crippen LogP) is 3.38. The minimum atomic E-state index is -0.604. The van der Waals surface area contributed by atoms with E-state index in [1.54, 1.807) is 20.8 Å². The van der Waals surface area contributed by atoms with E-state index in [0.717, 1.165) is 4.47 Å². The number of alkyl carbamates (subject to hydrolysis) is 1. The molecule has 2 atom stereocenters. The Morgan fingerprint density at radius 2 is 2.00 bits per heavy atom. The summed E-state index contributed by atoms with van der Waals surface area (Å²) in [7, 11) is 0. The van der Waals surface area contributed by atoms with Gasteiger partial charge in [0.25, 0.3) is 0 Å². The van der Waals surface area contributed by atoms with E-state index in [1.807, 2.05) is 31.2 Å². The summed E-state index contributed by atoms with van der Waals surface area (Å²) in [5.41, 5.74) is 4.61. The fourth-order valence-corrected chi connectivity index (χ4v) is 2.40. The van der Waals surface area contributed by atoms with Crippen molar-refractivity contribution in [2.75, 3.05) is 0 Å². The van der Waals surface area contributed by atoms with Crippen LogP contribution in [0.1, 0.15) is 40.5 Å². The molecule has 0 aliphatic carbocycles. The molecule has 6 nitrogen and oxygen atoms in total. The molecule has 0 radical (unpaired) electrons. The maximum Gasteiger partial charge on any atom is 0.408 e. The van der Waals surface area contributed by atoms with Crippen molar-refractivity contribution < 1.29 is 19.1 Å². The summed E-state index contributed by atoms with van der Waals surface area (Å²) in [4.78, 5) is 23.1. The first-order chi connectivity index (χ1) is 11.1. The van der Waals surface area contributed by atoms with Crippen LogP contribution in [0.25, 0.3) is 0 Å². The van der Waals surface area contributed by atoms with Crippen LogP contribution in [-0.4, -0.2) is 29.7 Å². The Kier molecular flexibility index (Phi) is 7.54. The first kappa shape index (κ1) is 20.3. The molecular formula is C17H25BrN2O4. The van der Waals surface area contributed by atoms with E-state index in [0.29, 0.717) is 12.2 Å². The fraction of sp³-hybridized carbons (Fsp3) is 0.529. The van der Waals surface area contributed by atoms with Gasteiger partial charge in [0.05, 0.1) is 6.04 Å². The van der Waals surface area contributed by atoms with Crippen molar-refractivity contribution in [3.63, 3.8) is 0 Å². The van der Waals surface area contributed by atoms with Crippen molar-refractivity contribution in [2.45, 2.75) is 58.3 Å². The maximum absolute atomic E-state index is 12.0. The number of benzene rings is 1. The molecule has 0 saturated heterocycles. The van der Waals surface area contributed by atoms with E-state index in [4.69, 9.17) is 15.2 Å². The lowest BCUT2D eigenvalue weighted by molar-refractivity contribution is -0.118. The van der Waals surface area contributed by atoms with Crippen molar-refractivity contribution in [1.82, 2.24) is 5.32 Å². The molecule has 0 spiro atoms. The van der Waals surface area contributed by atoms with Crippen LogP contribution >= 0.6 is 15.9 Å². The molecule has 0 aliphatic rings. The maximum atomic E-state index is 12.0. The SMILES string of the molecule is C[C@@H](Oc1cccc(Br)c1)[C@H](CCC(N)=O)NC(=O)OC(C)(C)C. The van der Waals surface area contributed by atoms with Crippen molar-refractivity contribution in [1.29, 1.82) is 0 Å². The molecular weight excluding hydrogens is 376 g/mol. The highest BCUT2D eigenvalue weighted by atomic mass is 79.9. The van der Waals surface area contributed by atoms with E-state index < -0.39 is 23.6 Å². The number of ether oxygens (including phenoxy) is 2.